The number of amides is 1. The zero-order valence-corrected chi connectivity index (χ0v) is 29.8. The van der Waals surface area contributed by atoms with Gasteiger partial charge in [0.05, 0.1) is 28.3 Å². The van der Waals surface area contributed by atoms with E-state index in [1.807, 2.05) is 54.4 Å². The standard InChI is InChI=1S/C39H42ClN7O5/c1-23-29(5-3-7-32(23)43-36-35-26(9-12-41-36)15-24(17-42-35)19-47-14-11-28(48)22-47)30-6-4-8-33(34(30)40)44-37(49)31-16-25(18-45(2)38(31)50)20-46-13-10-27(21-46)39(51)52/h3-9,12,15-18,27-28,38,48,50H,10-11,13-14,19-22H2,1-2H3,(H,41,43)(H,44,49)(H,51,52)/t27-,28-,38?/m1/s1. The first-order valence-electron chi connectivity index (χ1n) is 17.4. The highest BCUT2D eigenvalue weighted by molar-refractivity contribution is 6.36. The summed E-state index contributed by atoms with van der Waals surface area (Å²) in [6.45, 7) is 5.82. The third kappa shape index (κ3) is 7.52. The number of halogens is 1. The predicted molar refractivity (Wildman–Crippen MR) is 201 cm³/mol. The van der Waals surface area contributed by atoms with Crippen molar-refractivity contribution in [3.8, 4) is 11.1 Å². The fourth-order valence-electron chi connectivity index (χ4n) is 7.29. The van der Waals surface area contributed by atoms with Gasteiger partial charge < -0.3 is 30.9 Å². The molecule has 12 nitrogen and oxygen atoms in total. The molecule has 1 unspecified atom stereocenters. The topological polar surface area (TPSA) is 154 Å². The number of aliphatic hydroxyl groups excluding tert-OH is 2. The van der Waals surface area contributed by atoms with E-state index in [0.29, 0.717) is 49.1 Å². The van der Waals surface area contributed by atoms with Gasteiger partial charge in [0.15, 0.2) is 12.0 Å². The van der Waals surface area contributed by atoms with Crippen molar-refractivity contribution in [3.05, 3.63) is 100 Å². The number of hydrogen-bond donors (Lipinski definition) is 5. The number of rotatable bonds is 10. The van der Waals surface area contributed by atoms with E-state index < -0.39 is 24.0 Å². The Kier molecular flexibility index (Phi) is 10.3. The van der Waals surface area contributed by atoms with Gasteiger partial charge in [0.2, 0.25) is 0 Å². The summed E-state index contributed by atoms with van der Waals surface area (Å²) in [7, 11) is 1.69. The number of pyridine rings is 2. The molecule has 1 amide bonds. The van der Waals surface area contributed by atoms with Crippen LogP contribution >= 0.6 is 11.6 Å². The lowest BCUT2D eigenvalue weighted by molar-refractivity contribution is -0.141. The third-order valence-electron chi connectivity index (χ3n) is 10.1. The minimum Gasteiger partial charge on any atom is -0.481 e. The molecular weight excluding hydrogens is 682 g/mol. The second kappa shape index (κ2) is 15.0. The zero-order chi connectivity index (χ0) is 36.5. The Morgan fingerprint density at radius 1 is 0.962 bits per heavy atom. The minimum atomic E-state index is -1.16. The number of hydrogen-bond acceptors (Lipinski definition) is 10. The highest BCUT2D eigenvalue weighted by Gasteiger charge is 2.31. The van der Waals surface area contributed by atoms with E-state index in [1.54, 1.807) is 36.5 Å². The molecule has 3 aliphatic heterocycles. The molecule has 0 saturated carbocycles. The quantitative estimate of drug-likeness (QED) is 0.150. The van der Waals surface area contributed by atoms with E-state index in [-0.39, 0.29) is 11.7 Å². The lowest BCUT2D eigenvalue weighted by Gasteiger charge is -2.30. The number of β-amino-alcohol motifs (C(OH)–C–C–N with tert-alkyl or cyclic N) is 1. The first-order valence-corrected chi connectivity index (χ1v) is 17.8. The Labute approximate surface area is 307 Å². The molecule has 0 radical (unpaired) electrons. The van der Waals surface area contributed by atoms with Crippen LogP contribution in [0.1, 0.15) is 24.0 Å². The van der Waals surface area contributed by atoms with Crippen molar-refractivity contribution in [2.45, 2.75) is 38.6 Å². The number of carbonyl (C=O) groups excluding carboxylic acids is 1. The maximum atomic E-state index is 13.6. The summed E-state index contributed by atoms with van der Waals surface area (Å²) in [5.74, 6) is -1.07. The number of nitrogens with zero attached hydrogens (tertiary/aromatic N) is 5. The van der Waals surface area contributed by atoms with Crippen LogP contribution in [0.25, 0.3) is 22.0 Å². The van der Waals surface area contributed by atoms with Crippen molar-refractivity contribution < 1.29 is 24.9 Å². The Morgan fingerprint density at radius 3 is 2.46 bits per heavy atom. The molecule has 2 fully saturated rings. The van der Waals surface area contributed by atoms with Gasteiger partial charge in [-0.3, -0.25) is 24.4 Å². The first-order chi connectivity index (χ1) is 25.0. The van der Waals surface area contributed by atoms with Crippen LogP contribution in [-0.4, -0.2) is 104 Å². The molecule has 2 aromatic heterocycles. The molecular formula is C39H42ClN7O5. The summed E-state index contributed by atoms with van der Waals surface area (Å²) in [6.07, 6.45) is 7.00. The van der Waals surface area contributed by atoms with Crippen LogP contribution in [0.4, 0.5) is 17.2 Å². The largest absolute Gasteiger partial charge is 0.481 e. The number of carboxylic acids is 1. The van der Waals surface area contributed by atoms with Gasteiger partial charge >= 0.3 is 5.97 Å². The summed E-state index contributed by atoms with van der Waals surface area (Å²) in [6, 6.07) is 15.4. The van der Waals surface area contributed by atoms with Crippen molar-refractivity contribution in [3.63, 3.8) is 0 Å². The molecule has 5 heterocycles. The second-order valence-electron chi connectivity index (χ2n) is 13.9. The van der Waals surface area contributed by atoms with Crippen LogP contribution < -0.4 is 10.6 Å². The number of carboxylic acid groups (broad SMARTS) is 1. The molecule has 2 aromatic carbocycles. The molecule has 0 spiro atoms. The van der Waals surface area contributed by atoms with Gasteiger partial charge in [-0.05, 0) is 78.9 Å². The maximum absolute atomic E-state index is 13.6. The molecule has 270 valence electrons. The van der Waals surface area contributed by atoms with Gasteiger partial charge in [0.1, 0.15) is 5.52 Å². The molecule has 4 aromatic rings. The molecule has 3 atom stereocenters. The van der Waals surface area contributed by atoms with E-state index in [0.717, 1.165) is 63.9 Å². The third-order valence-corrected chi connectivity index (χ3v) is 10.5. The van der Waals surface area contributed by atoms with Gasteiger partial charge in [-0.15, -0.1) is 0 Å². The average Bonchev–Trinajstić information content (AvgIpc) is 3.77. The second-order valence-corrected chi connectivity index (χ2v) is 14.3. The summed E-state index contributed by atoms with van der Waals surface area (Å²) in [5, 5.41) is 37.9. The van der Waals surface area contributed by atoms with Gasteiger partial charge in [-0.1, -0.05) is 35.9 Å². The molecule has 3 aliphatic rings. The molecule has 52 heavy (non-hydrogen) atoms. The van der Waals surface area contributed by atoms with E-state index in [2.05, 4.69) is 26.6 Å². The van der Waals surface area contributed by atoms with Crippen molar-refractivity contribution in [1.29, 1.82) is 0 Å². The average molecular weight is 724 g/mol. The number of aromatic nitrogens is 2. The first kappa shape index (κ1) is 35.5. The Morgan fingerprint density at radius 2 is 1.71 bits per heavy atom. The number of benzene rings is 2. The van der Waals surface area contributed by atoms with Gasteiger partial charge in [0.25, 0.3) is 5.91 Å². The summed E-state index contributed by atoms with van der Waals surface area (Å²) < 4.78 is 0. The lowest BCUT2D eigenvalue weighted by Crippen LogP contribution is -2.38. The van der Waals surface area contributed by atoms with Crippen molar-refractivity contribution >= 4 is 51.6 Å². The number of aliphatic carboxylic acids is 1. The molecule has 0 bridgehead atoms. The normalized spacial score (nSPS) is 20.9. The van der Waals surface area contributed by atoms with Crippen LogP contribution in [0.15, 0.2) is 84.3 Å². The Balaban J connectivity index is 1.08. The summed E-state index contributed by atoms with van der Waals surface area (Å²) >= 11 is 6.99. The van der Waals surface area contributed by atoms with E-state index >= 15 is 0 Å². The van der Waals surface area contributed by atoms with Gasteiger partial charge in [-0.2, -0.15) is 0 Å². The Bertz CT molecular complexity index is 2090. The number of anilines is 3. The SMILES string of the molecule is Cc1c(Nc2nccc3cc(CN4CC[C@@H](O)C4)cnc23)cccc1-c1cccc(NC(=O)C2=CC(CN3CC[C@@H](C(=O)O)C3)=CN(C)C2O)c1Cl. The number of likely N-dealkylation sites (tertiary alicyclic amines) is 2. The Hall–Kier alpha value is -4.85. The van der Waals surface area contributed by atoms with E-state index in [4.69, 9.17) is 16.6 Å². The summed E-state index contributed by atoms with van der Waals surface area (Å²) in [4.78, 5) is 40.2. The fraction of sp³-hybridized carbons (Fsp3) is 0.333. The smallest absolute Gasteiger partial charge is 0.307 e. The van der Waals surface area contributed by atoms with Crippen molar-refractivity contribution in [1.82, 2.24) is 24.7 Å². The molecule has 2 saturated heterocycles. The number of aliphatic hydroxyl groups is 2. The highest BCUT2D eigenvalue weighted by Crippen LogP contribution is 2.39. The number of nitrogens with one attached hydrogen (secondary N) is 2. The van der Waals surface area contributed by atoms with Crippen LogP contribution in [0.2, 0.25) is 5.02 Å². The van der Waals surface area contributed by atoms with Crippen LogP contribution in [0, 0.1) is 12.8 Å². The minimum absolute atomic E-state index is 0.163. The van der Waals surface area contributed by atoms with E-state index in [1.165, 1.54) is 0 Å². The molecule has 13 heteroatoms. The number of likely N-dealkylation sites (N-methyl/N-ethyl adjacent to an activating group) is 1. The molecule has 7 rings (SSSR count). The van der Waals surface area contributed by atoms with E-state index in [9.17, 15) is 24.9 Å². The maximum Gasteiger partial charge on any atom is 0.307 e. The lowest BCUT2D eigenvalue weighted by atomic mass is 9.98. The van der Waals surface area contributed by atoms with Crippen molar-refractivity contribution in [2.75, 3.05) is 50.4 Å². The van der Waals surface area contributed by atoms with Crippen LogP contribution in [-0.2, 0) is 16.1 Å². The summed E-state index contributed by atoms with van der Waals surface area (Å²) in [5.41, 5.74) is 6.51. The monoisotopic (exact) mass is 723 g/mol. The van der Waals surface area contributed by atoms with Gasteiger partial charge in [0, 0.05) is 75.0 Å². The van der Waals surface area contributed by atoms with Crippen molar-refractivity contribution in [2.24, 2.45) is 5.92 Å². The molecule has 5 N–H and O–H groups in total. The van der Waals surface area contributed by atoms with Crippen LogP contribution in [0.5, 0.6) is 0 Å². The van der Waals surface area contributed by atoms with Gasteiger partial charge in [-0.25, -0.2) is 4.98 Å². The number of carbonyl (C=O) groups is 2. The predicted octanol–water partition coefficient (Wildman–Crippen LogP) is 4.99. The molecule has 0 aliphatic carbocycles. The zero-order valence-electron chi connectivity index (χ0n) is 29.1. The van der Waals surface area contributed by atoms with Crippen LogP contribution in [0.3, 0.4) is 0 Å². The fourth-order valence-corrected chi connectivity index (χ4v) is 7.56. The number of fused-ring (bicyclic) bond motifs is 1. The highest BCUT2D eigenvalue weighted by atomic mass is 35.5.